The molecule has 7 heteroatoms. The van der Waals surface area contributed by atoms with Crippen molar-refractivity contribution in [1.82, 2.24) is 9.78 Å². The molecule has 1 atom stereocenters. The van der Waals surface area contributed by atoms with Gasteiger partial charge in [0.25, 0.3) is 11.1 Å². The smallest absolute Gasteiger partial charge is 0.339 e. The molecule has 0 radical (unpaired) electrons. The fraction of sp³-hybridized carbons (Fsp3) is 0.250. The van der Waals surface area contributed by atoms with E-state index in [4.69, 9.17) is 10.00 Å². The molecule has 1 N–H and O–H groups in total. The molecule has 0 saturated heterocycles. The molecule has 0 spiro atoms. The Kier molecular flexibility index (Phi) is 4.76. The Balaban J connectivity index is 2.35. The molecule has 2 rings (SSSR count). The molecular weight excluding hydrogens is 298 g/mol. The van der Waals surface area contributed by atoms with Crippen LogP contribution in [0.1, 0.15) is 24.2 Å². The number of aromatic amines is 1. The third-order valence-corrected chi connectivity index (χ3v) is 3.13. The lowest BCUT2D eigenvalue weighted by Gasteiger charge is -2.14. The van der Waals surface area contributed by atoms with Crippen LogP contribution in [0.15, 0.2) is 46.0 Å². The maximum absolute atomic E-state index is 12.1. The van der Waals surface area contributed by atoms with Crippen molar-refractivity contribution in [3.8, 4) is 11.8 Å². The molecule has 1 aromatic heterocycles. The standard InChI is InChI=1S/C16H15N3O4/c1-10(2)13(9-17)23-16(22)11-4-3-5-12(8-11)19-15(21)7-6-14(20)18-19/h3-8,10,13H,1-2H3,(H,18,20)/t13-/m0/s1. The number of esters is 1. The number of nitrogens with zero attached hydrogens (tertiary/aromatic N) is 2. The summed E-state index contributed by atoms with van der Waals surface area (Å²) < 4.78 is 6.16. The van der Waals surface area contributed by atoms with Crippen molar-refractivity contribution in [1.29, 1.82) is 5.26 Å². The Bertz CT molecular complexity index is 874. The predicted molar refractivity (Wildman–Crippen MR) is 82.3 cm³/mol. The number of nitriles is 1. The molecular formula is C16H15N3O4. The van der Waals surface area contributed by atoms with Crippen molar-refractivity contribution in [2.45, 2.75) is 20.0 Å². The van der Waals surface area contributed by atoms with Gasteiger partial charge in [-0.3, -0.25) is 14.7 Å². The summed E-state index contributed by atoms with van der Waals surface area (Å²) in [5, 5.41) is 11.4. The van der Waals surface area contributed by atoms with Gasteiger partial charge in [0.05, 0.1) is 11.3 Å². The minimum atomic E-state index is -0.856. The first kappa shape index (κ1) is 16.2. The minimum absolute atomic E-state index is 0.139. The normalized spacial score (nSPS) is 11.7. The molecule has 7 nitrogen and oxygen atoms in total. The lowest BCUT2D eigenvalue weighted by Crippen LogP contribution is -2.27. The van der Waals surface area contributed by atoms with E-state index < -0.39 is 23.2 Å². The summed E-state index contributed by atoms with van der Waals surface area (Å²) >= 11 is 0. The number of H-pyrrole nitrogens is 1. The first-order valence-electron chi connectivity index (χ1n) is 6.96. The van der Waals surface area contributed by atoms with Crippen molar-refractivity contribution in [2.75, 3.05) is 0 Å². The molecule has 0 fully saturated rings. The first-order chi connectivity index (χ1) is 10.9. The molecule has 118 valence electrons. The predicted octanol–water partition coefficient (Wildman–Crippen LogP) is 1.23. The highest BCUT2D eigenvalue weighted by Crippen LogP contribution is 2.12. The highest BCUT2D eigenvalue weighted by Gasteiger charge is 2.19. The largest absolute Gasteiger partial charge is 0.443 e. The van der Waals surface area contributed by atoms with Crippen LogP contribution in [0.2, 0.25) is 0 Å². The zero-order valence-electron chi connectivity index (χ0n) is 12.6. The summed E-state index contributed by atoms with van der Waals surface area (Å²) in [6.45, 7) is 3.54. The van der Waals surface area contributed by atoms with E-state index in [9.17, 15) is 14.4 Å². The topological polar surface area (TPSA) is 105 Å². The van der Waals surface area contributed by atoms with Crippen molar-refractivity contribution in [3.63, 3.8) is 0 Å². The molecule has 0 unspecified atom stereocenters. The Labute approximate surface area is 131 Å². The third kappa shape index (κ3) is 3.74. The number of rotatable bonds is 4. The van der Waals surface area contributed by atoms with Crippen molar-refractivity contribution in [2.24, 2.45) is 5.92 Å². The van der Waals surface area contributed by atoms with Gasteiger partial charge < -0.3 is 4.74 Å². The average molecular weight is 313 g/mol. The minimum Gasteiger partial charge on any atom is -0.443 e. The van der Waals surface area contributed by atoms with E-state index in [1.165, 1.54) is 12.1 Å². The zero-order chi connectivity index (χ0) is 17.0. The monoisotopic (exact) mass is 313 g/mol. The lowest BCUT2D eigenvalue weighted by molar-refractivity contribution is 0.0325. The number of ether oxygens (including phenoxy) is 1. The van der Waals surface area contributed by atoms with Crippen LogP contribution in [0.25, 0.3) is 5.69 Å². The molecule has 0 aliphatic heterocycles. The van der Waals surface area contributed by atoms with Crippen LogP contribution in [0.5, 0.6) is 0 Å². The van der Waals surface area contributed by atoms with Crippen LogP contribution in [-0.4, -0.2) is 21.9 Å². The van der Waals surface area contributed by atoms with E-state index in [1.807, 2.05) is 6.07 Å². The summed E-state index contributed by atoms with van der Waals surface area (Å²) in [4.78, 5) is 35.3. The molecule has 1 aromatic carbocycles. The molecule has 23 heavy (non-hydrogen) atoms. The molecule has 0 bridgehead atoms. The number of nitrogens with one attached hydrogen (secondary N) is 1. The summed E-state index contributed by atoms with van der Waals surface area (Å²) in [7, 11) is 0. The second-order valence-electron chi connectivity index (χ2n) is 5.23. The summed E-state index contributed by atoms with van der Waals surface area (Å²) in [6.07, 6.45) is -0.856. The van der Waals surface area contributed by atoms with Crippen LogP contribution < -0.4 is 11.1 Å². The zero-order valence-corrected chi connectivity index (χ0v) is 12.6. The summed E-state index contributed by atoms with van der Waals surface area (Å²) in [5.74, 6) is -0.807. The van der Waals surface area contributed by atoms with E-state index in [1.54, 1.807) is 26.0 Å². The van der Waals surface area contributed by atoms with Crippen molar-refractivity contribution in [3.05, 3.63) is 62.7 Å². The Morgan fingerprint density at radius 2 is 2.00 bits per heavy atom. The Morgan fingerprint density at radius 3 is 2.65 bits per heavy atom. The van der Waals surface area contributed by atoms with Gasteiger partial charge in [0.15, 0.2) is 6.10 Å². The SMILES string of the molecule is CC(C)[C@H](C#N)OC(=O)c1cccc(-n2[nH]c(=O)ccc2=O)c1. The van der Waals surface area contributed by atoms with E-state index in [0.29, 0.717) is 5.69 Å². The van der Waals surface area contributed by atoms with Gasteiger partial charge in [0.1, 0.15) is 6.07 Å². The summed E-state index contributed by atoms with van der Waals surface area (Å²) in [5.41, 5.74) is -0.380. The Morgan fingerprint density at radius 1 is 1.26 bits per heavy atom. The molecule has 0 aliphatic rings. The van der Waals surface area contributed by atoms with Crippen LogP contribution in [0.3, 0.4) is 0 Å². The van der Waals surface area contributed by atoms with Gasteiger partial charge in [-0.1, -0.05) is 19.9 Å². The highest BCUT2D eigenvalue weighted by molar-refractivity contribution is 5.90. The average Bonchev–Trinajstić information content (AvgIpc) is 2.54. The van der Waals surface area contributed by atoms with E-state index >= 15 is 0 Å². The summed E-state index contributed by atoms with van der Waals surface area (Å²) in [6, 6.07) is 10.2. The van der Waals surface area contributed by atoms with Crippen LogP contribution in [0, 0.1) is 17.2 Å². The molecule has 0 aliphatic carbocycles. The fourth-order valence-corrected chi connectivity index (χ4v) is 1.88. The molecule has 1 heterocycles. The number of hydrogen-bond acceptors (Lipinski definition) is 5. The van der Waals surface area contributed by atoms with Crippen LogP contribution in [0.4, 0.5) is 0 Å². The number of aromatic nitrogens is 2. The van der Waals surface area contributed by atoms with Gasteiger partial charge in [-0.05, 0) is 18.2 Å². The second kappa shape index (κ2) is 6.75. The maximum Gasteiger partial charge on any atom is 0.339 e. The molecule has 2 aromatic rings. The van der Waals surface area contributed by atoms with Crippen LogP contribution >= 0.6 is 0 Å². The van der Waals surface area contributed by atoms with E-state index in [0.717, 1.165) is 16.8 Å². The van der Waals surface area contributed by atoms with Crippen molar-refractivity contribution >= 4 is 5.97 Å². The molecule has 0 saturated carbocycles. The number of benzene rings is 1. The van der Waals surface area contributed by atoms with Gasteiger partial charge in [-0.2, -0.15) is 5.26 Å². The maximum atomic E-state index is 12.1. The Hall–Kier alpha value is -3.14. The molecule has 0 amide bonds. The van der Waals surface area contributed by atoms with Gasteiger partial charge in [0, 0.05) is 18.1 Å². The van der Waals surface area contributed by atoms with Gasteiger partial charge in [-0.15, -0.1) is 0 Å². The quantitative estimate of drug-likeness (QED) is 0.855. The third-order valence-electron chi connectivity index (χ3n) is 3.13. The first-order valence-corrected chi connectivity index (χ1v) is 6.96. The van der Waals surface area contributed by atoms with Gasteiger partial charge in [-0.25, -0.2) is 9.48 Å². The van der Waals surface area contributed by atoms with Crippen molar-refractivity contribution < 1.29 is 9.53 Å². The lowest BCUT2D eigenvalue weighted by atomic mass is 10.1. The van der Waals surface area contributed by atoms with E-state index in [-0.39, 0.29) is 11.5 Å². The number of hydrogen-bond donors (Lipinski definition) is 1. The second-order valence-corrected chi connectivity index (χ2v) is 5.23. The van der Waals surface area contributed by atoms with Gasteiger partial charge in [0.2, 0.25) is 0 Å². The number of carbonyl (C=O) groups is 1. The van der Waals surface area contributed by atoms with E-state index in [2.05, 4.69) is 5.10 Å². The fourth-order valence-electron chi connectivity index (χ4n) is 1.88. The number of carbonyl (C=O) groups excluding carboxylic acids is 1. The van der Waals surface area contributed by atoms with Gasteiger partial charge >= 0.3 is 5.97 Å². The van der Waals surface area contributed by atoms with Crippen LogP contribution in [-0.2, 0) is 4.74 Å². The highest BCUT2D eigenvalue weighted by atomic mass is 16.5.